The van der Waals surface area contributed by atoms with Gasteiger partial charge in [-0.05, 0) is 39.8 Å². The molecule has 0 amide bonds. The Balaban J connectivity index is 2.30. The number of β-amino-alcohol motifs (C(OH)–C–C–N with tert-alkyl or cyclic N) is 1. The minimum atomic E-state index is -1.18. The number of halogens is 1. The molecule has 1 aromatic carbocycles. The first-order valence-electron chi connectivity index (χ1n) is 6.35. The predicted octanol–water partition coefficient (Wildman–Crippen LogP) is 3.17. The highest BCUT2D eigenvalue weighted by Crippen LogP contribution is 2.29. The van der Waals surface area contributed by atoms with Gasteiger partial charge in [0.05, 0.1) is 0 Å². The normalized spacial score (nSPS) is 15.7. The zero-order chi connectivity index (χ0) is 14.3. The second-order valence-electron chi connectivity index (χ2n) is 6.15. The molecule has 0 aliphatic carbocycles. The number of hydrogen-bond donors (Lipinski definition) is 2. The van der Waals surface area contributed by atoms with Crippen LogP contribution in [0.1, 0.15) is 33.5 Å². The fourth-order valence-corrected chi connectivity index (χ4v) is 1.82. The van der Waals surface area contributed by atoms with E-state index in [0.29, 0.717) is 17.7 Å². The van der Waals surface area contributed by atoms with Gasteiger partial charge in [-0.25, -0.2) is 4.39 Å². The number of para-hydroxylation sites is 1. The van der Waals surface area contributed by atoms with Gasteiger partial charge in [-0.2, -0.15) is 0 Å². The molecule has 0 saturated heterocycles. The molecule has 0 aliphatic heterocycles. The molecular weight excluding hydrogens is 245 g/mol. The first kappa shape index (κ1) is 14.0. The van der Waals surface area contributed by atoms with Crippen LogP contribution in [0.15, 0.2) is 28.7 Å². The summed E-state index contributed by atoms with van der Waals surface area (Å²) >= 11 is 0. The van der Waals surface area contributed by atoms with E-state index in [1.54, 1.807) is 25.1 Å². The number of nitrogens with one attached hydrogen (secondary N) is 1. The van der Waals surface area contributed by atoms with Gasteiger partial charge in [0.1, 0.15) is 11.4 Å². The van der Waals surface area contributed by atoms with E-state index >= 15 is 0 Å². The molecule has 0 fully saturated rings. The van der Waals surface area contributed by atoms with Crippen LogP contribution < -0.4 is 5.32 Å². The van der Waals surface area contributed by atoms with Crippen LogP contribution >= 0.6 is 0 Å². The minimum absolute atomic E-state index is 0.110. The Morgan fingerprint density at radius 2 is 1.95 bits per heavy atom. The smallest absolute Gasteiger partial charge is 0.170 e. The van der Waals surface area contributed by atoms with Crippen molar-refractivity contribution >= 4 is 11.0 Å². The molecule has 2 rings (SSSR count). The number of fused-ring (bicyclic) bond motifs is 1. The molecule has 0 spiro atoms. The summed E-state index contributed by atoms with van der Waals surface area (Å²) in [6, 6.07) is 6.41. The van der Waals surface area contributed by atoms with Crippen LogP contribution in [0.5, 0.6) is 0 Å². The second-order valence-corrected chi connectivity index (χ2v) is 6.15. The molecule has 0 radical (unpaired) electrons. The van der Waals surface area contributed by atoms with Crippen molar-refractivity contribution < 1.29 is 13.9 Å². The van der Waals surface area contributed by atoms with Gasteiger partial charge in [-0.3, -0.25) is 0 Å². The lowest BCUT2D eigenvalue weighted by Crippen LogP contribution is -2.44. The summed E-state index contributed by atoms with van der Waals surface area (Å²) in [5.74, 6) is -0.0484. The SMILES string of the molecule is CC(C)(C)NCC(C)(O)c1cc2cccc(F)c2o1. The van der Waals surface area contributed by atoms with Gasteiger partial charge in [0.15, 0.2) is 11.4 Å². The summed E-state index contributed by atoms with van der Waals surface area (Å²) < 4.78 is 19.0. The Morgan fingerprint density at radius 3 is 2.53 bits per heavy atom. The van der Waals surface area contributed by atoms with E-state index in [-0.39, 0.29) is 11.1 Å². The van der Waals surface area contributed by atoms with Crippen molar-refractivity contribution in [1.29, 1.82) is 0 Å². The van der Waals surface area contributed by atoms with Gasteiger partial charge in [0, 0.05) is 17.5 Å². The van der Waals surface area contributed by atoms with Crippen LogP contribution in [-0.2, 0) is 5.60 Å². The van der Waals surface area contributed by atoms with Crippen LogP contribution in [0, 0.1) is 5.82 Å². The van der Waals surface area contributed by atoms with Gasteiger partial charge in [0.2, 0.25) is 0 Å². The Hall–Kier alpha value is -1.39. The average molecular weight is 265 g/mol. The van der Waals surface area contributed by atoms with Gasteiger partial charge in [-0.1, -0.05) is 12.1 Å². The highest BCUT2D eigenvalue weighted by molar-refractivity contribution is 5.78. The van der Waals surface area contributed by atoms with Crippen LogP contribution in [0.3, 0.4) is 0 Å². The molecule has 1 heterocycles. The molecule has 19 heavy (non-hydrogen) atoms. The quantitative estimate of drug-likeness (QED) is 0.896. The molecule has 104 valence electrons. The molecule has 0 bridgehead atoms. The van der Waals surface area contributed by atoms with Crippen LogP contribution in [0.25, 0.3) is 11.0 Å². The second kappa shape index (κ2) is 4.62. The van der Waals surface area contributed by atoms with E-state index in [1.807, 2.05) is 20.8 Å². The number of benzene rings is 1. The maximum Gasteiger partial charge on any atom is 0.170 e. The lowest BCUT2D eigenvalue weighted by atomic mass is 10.0. The highest BCUT2D eigenvalue weighted by atomic mass is 19.1. The zero-order valence-electron chi connectivity index (χ0n) is 11.7. The van der Waals surface area contributed by atoms with Crippen LogP contribution in [0.4, 0.5) is 4.39 Å². The summed E-state index contributed by atoms with van der Waals surface area (Å²) in [6.07, 6.45) is 0. The number of hydrogen-bond acceptors (Lipinski definition) is 3. The van der Waals surface area contributed by atoms with Gasteiger partial charge in [0.25, 0.3) is 0 Å². The molecule has 1 atom stereocenters. The molecule has 3 nitrogen and oxygen atoms in total. The molecule has 0 saturated carbocycles. The third kappa shape index (κ3) is 3.14. The zero-order valence-corrected chi connectivity index (χ0v) is 11.7. The molecule has 1 unspecified atom stereocenters. The van der Waals surface area contributed by atoms with Crippen molar-refractivity contribution in [2.75, 3.05) is 6.54 Å². The van der Waals surface area contributed by atoms with E-state index in [0.717, 1.165) is 0 Å². The summed E-state index contributed by atoms with van der Waals surface area (Å²) in [5.41, 5.74) is -1.10. The molecule has 2 aromatic rings. The predicted molar refractivity (Wildman–Crippen MR) is 73.5 cm³/mol. The fraction of sp³-hybridized carbons (Fsp3) is 0.467. The lowest BCUT2D eigenvalue weighted by molar-refractivity contribution is 0.0298. The summed E-state index contributed by atoms with van der Waals surface area (Å²) in [4.78, 5) is 0. The molecule has 0 aliphatic rings. The van der Waals surface area contributed by atoms with Gasteiger partial charge in [-0.15, -0.1) is 0 Å². The van der Waals surface area contributed by atoms with Crippen molar-refractivity contribution in [2.45, 2.75) is 38.8 Å². The lowest BCUT2D eigenvalue weighted by Gasteiger charge is -2.27. The first-order valence-corrected chi connectivity index (χ1v) is 6.35. The first-order chi connectivity index (χ1) is 8.69. The summed E-state index contributed by atoms with van der Waals surface area (Å²) in [5, 5.41) is 14.3. The fourth-order valence-electron chi connectivity index (χ4n) is 1.82. The number of furan rings is 1. The van der Waals surface area contributed by atoms with Gasteiger partial charge < -0.3 is 14.8 Å². The van der Waals surface area contributed by atoms with Crippen LogP contribution in [0.2, 0.25) is 0 Å². The largest absolute Gasteiger partial charge is 0.455 e. The third-order valence-electron chi connectivity index (χ3n) is 2.99. The van der Waals surface area contributed by atoms with E-state index in [1.165, 1.54) is 6.07 Å². The maximum atomic E-state index is 13.6. The Kier molecular flexibility index (Phi) is 3.41. The third-order valence-corrected chi connectivity index (χ3v) is 2.99. The van der Waals surface area contributed by atoms with Crippen molar-refractivity contribution in [1.82, 2.24) is 5.32 Å². The van der Waals surface area contributed by atoms with Crippen molar-refractivity contribution in [2.24, 2.45) is 0 Å². The van der Waals surface area contributed by atoms with Crippen molar-refractivity contribution in [3.05, 3.63) is 35.8 Å². The van der Waals surface area contributed by atoms with Crippen molar-refractivity contribution in [3.8, 4) is 0 Å². The van der Waals surface area contributed by atoms with Gasteiger partial charge >= 0.3 is 0 Å². The monoisotopic (exact) mass is 265 g/mol. The topological polar surface area (TPSA) is 45.4 Å². The molecular formula is C15H20FNO2. The van der Waals surface area contributed by atoms with E-state index in [4.69, 9.17) is 4.42 Å². The summed E-state index contributed by atoms with van der Waals surface area (Å²) in [7, 11) is 0. The number of aliphatic hydroxyl groups is 1. The van der Waals surface area contributed by atoms with E-state index in [2.05, 4.69) is 5.32 Å². The Labute approximate surface area is 112 Å². The molecule has 1 aromatic heterocycles. The molecule has 2 N–H and O–H groups in total. The highest BCUT2D eigenvalue weighted by Gasteiger charge is 2.29. The number of rotatable bonds is 3. The van der Waals surface area contributed by atoms with E-state index in [9.17, 15) is 9.50 Å². The van der Waals surface area contributed by atoms with E-state index < -0.39 is 11.4 Å². The standard InChI is InChI=1S/C15H20FNO2/c1-14(2,3)17-9-15(4,18)12-8-10-6-5-7-11(16)13(10)19-12/h5-8,17-18H,9H2,1-4H3. The Bertz CT molecular complexity index is 581. The van der Waals surface area contributed by atoms with Crippen LogP contribution in [-0.4, -0.2) is 17.2 Å². The van der Waals surface area contributed by atoms with Crippen molar-refractivity contribution in [3.63, 3.8) is 0 Å². The Morgan fingerprint density at radius 1 is 1.26 bits per heavy atom. The maximum absolute atomic E-state index is 13.6. The average Bonchev–Trinajstić information content (AvgIpc) is 2.72. The minimum Gasteiger partial charge on any atom is -0.455 e. The summed E-state index contributed by atoms with van der Waals surface area (Å²) in [6.45, 7) is 8.03. The molecule has 4 heteroatoms.